The Morgan fingerprint density at radius 1 is 0.797 bits per heavy atom. The fraction of sp³-hybridized carbons (Fsp3) is 0.250. The van der Waals surface area contributed by atoms with Crippen molar-refractivity contribution in [3.63, 3.8) is 0 Å². The molecule has 5 aromatic rings. The van der Waals surface area contributed by atoms with Gasteiger partial charge in [-0.3, -0.25) is 28.8 Å². The molecule has 0 spiro atoms. The summed E-state index contributed by atoms with van der Waals surface area (Å²) in [5.41, 5.74) is 4.44. The number of nitro groups is 1. The topological polar surface area (TPSA) is 298 Å². The minimum atomic E-state index is -4.41. The molecule has 1 amide bonds. The summed E-state index contributed by atoms with van der Waals surface area (Å²) < 4.78 is 34.5. The van der Waals surface area contributed by atoms with E-state index in [9.17, 15) is 49.3 Å². The van der Waals surface area contributed by atoms with Crippen LogP contribution < -0.4 is 20.4 Å². The normalized spacial score (nSPS) is 12.4. The van der Waals surface area contributed by atoms with Crippen molar-refractivity contribution in [2.75, 3.05) is 51.5 Å². The highest BCUT2D eigenvalue weighted by atomic mass is 31.2. The number of phenols is 1. The van der Waals surface area contributed by atoms with Gasteiger partial charge in [0.15, 0.2) is 11.1 Å². The van der Waals surface area contributed by atoms with E-state index in [2.05, 4.69) is 25.8 Å². The van der Waals surface area contributed by atoms with Gasteiger partial charge in [0, 0.05) is 71.7 Å². The Balaban J connectivity index is 0.851. The Labute approximate surface area is 423 Å². The van der Waals surface area contributed by atoms with Gasteiger partial charge in [-0.1, -0.05) is 18.9 Å². The SMILES string of the molecule is COc1cc(N=Nc2ccc(C)cc2[N+](=O)[O-])c(C)cc1N=Nc1ccc(N(CCO)CCOP(=O)(O)OCCCCCCNC(=O)c2ccc(C(=O)O)c(-c3c4ccc(=O)cc-4oc4cc(O)ccc34)c2)cc1. The number of rotatable bonds is 24. The molecule has 0 fully saturated rings. The molecule has 1 aliphatic carbocycles. The molecule has 5 aromatic carbocycles. The monoisotopic (exact) mass is 1030 g/mol. The third-order valence-electron chi connectivity index (χ3n) is 11.6. The number of azo groups is 2. The molecule has 1 aliphatic heterocycles. The number of methoxy groups -OCH3 is 1. The van der Waals surface area contributed by atoms with E-state index in [1.807, 2.05) is 0 Å². The molecule has 0 saturated heterocycles. The number of phenolic OH excluding ortho intramolecular Hbond substituents is 1. The Hall–Kier alpha value is -8.20. The number of fused-ring (bicyclic) bond motifs is 2. The number of ether oxygens (including phenoxy) is 1. The van der Waals surface area contributed by atoms with Crippen LogP contribution >= 0.6 is 7.82 Å². The van der Waals surface area contributed by atoms with Gasteiger partial charge in [-0.25, -0.2) is 9.36 Å². The molecule has 5 N–H and O–H groups in total. The lowest BCUT2D eigenvalue weighted by atomic mass is 9.89. The maximum atomic E-state index is 13.3. The van der Waals surface area contributed by atoms with Crippen LogP contribution in [0.5, 0.6) is 11.5 Å². The van der Waals surface area contributed by atoms with Crippen molar-refractivity contribution in [1.82, 2.24) is 5.32 Å². The molecule has 1 atom stereocenters. The van der Waals surface area contributed by atoms with E-state index in [0.29, 0.717) is 82.8 Å². The number of aromatic carboxylic acids is 1. The predicted molar refractivity (Wildman–Crippen MR) is 275 cm³/mol. The number of unbranched alkanes of at least 4 members (excludes halogenated alkanes) is 3. The Bertz CT molecular complexity index is 3330. The van der Waals surface area contributed by atoms with Crippen LogP contribution in [0.3, 0.4) is 0 Å². The number of aryl methyl sites for hydroxylation is 2. The Morgan fingerprint density at radius 3 is 2.28 bits per heavy atom. The summed E-state index contributed by atoms with van der Waals surface area (Å²) in [7, 11) is -2.95. The lowest BCUT2D eigenvalue weighted by Gasteiger charge is -2.24. The number of benzene rings is 6. The predicted octanol–water partition coefficient (Wildman–Crippen LogP) is 11.3. The van der Waals surface area contributed by atoms with Crippen LogP contribution in [0.25, 0.3) is 33.4 Å². The average Bonchev–Trinajstić information content (AvgIpc) is 3.37. The average molecular weight is 1030 g/mol. The Kier molecular flexibility index (Phi) is 17.7. The van der Waals surface area contributed by atoms with Crippen molar-refractivity contribution in [3.05, 3.63) is 152 Å². The number of nitrogens with zero attached hydrogens (tertiary/aromatic N) is 6. The van der Waals surface area contributed by atoms with E-state index in [0.717, 1.165) is 5.56 Å². The van der Waals surface area contributed by atoms with Crippen molar-refractivity contribution in [2.45, 2.75) is 39.5 Å². The van der Waals surface area contributed by atoms with Crippen molar-refractivity contribution < 1.29 is 57.5 Å². The summed E-state index contributed by atoms with van der Waals surface area (Å²) in [5.74, 6) is -1.23. The van der Waals surface area contributed by atoms with Crippen LogP contribution in [0.1, 0.15) is 57.5 Å². The van der Waals surface area contributed by atoms with E-state index in [1.165, 1.54) is 67.8 Å². The zero-order chi connectivity index (χ0) is 52.9. The summed E-state index contributed by atoms with van der Waals surface area (Å²) in [6.45, 7) is 3.74. The highest BCUT2D eigenvalue weighted by molar-refractivity contribution is 7.47. The molecule has 1 unspecified atom stereocenters. The number of carboxylic acids is 1. The lowest BCUT2D eigenvalue weighted by molar-refractivity contribution is -0.384. The van der Waals surface area contributed by atoms with E-state index in [4.69, 9.17) is 18.2 Å². The number of hydrogen-bond acceptors (Lipinski definition) is 17. The van der Waals surface area contributed by atoms with Gasteiger partial charge < -0.3 is 39.6 Å². The van der Waals surface area contributed by atoms with Gasteiger partial charge in [-0.05, 0) is 122 Å². The summed E-state index contributed by atoms with van der Waals surface area (Å²) in [6, 6.07) is 27.6. The molecule has 1 heterocycles. The molecular weight excluding hydrogens is 978 g/mol. The van der Waals surface area contributed by atoms with Crippen LogP contribution in [0.15, 0.2) is 139 Å². The molecule has 0 radical (unpaired) electrons. The maximum absolute atomic E-state index is 13.3. The van der Waals surface area contributed by atoms with Crippen molar-refractivity contribution in [3.8, 4) is 33.9 Å². The molecule has 7 rings (SSSR count). The number of amides is 1. The van der Waals surface area contributed by atoms with Gasteiger partial charge in [0.1, 0.15) is 28.5 Å². The fourth-order valence-electron chi connectivity index (χ4n) is 7.91. The van der Waals surface area contributed by atoms with Crippen LogP contribution in [0.4, 0.5) is 34.1 Å². The minimum Gasteiger partial charge on any atom is -0.508 e. The third kappa shape index (κ3) is 13.6. The van der Waals surface area contributed by atoms with Crippen LogP contribution in [-0.4, -0.2) is 83.6 Å². The molecule has 21 nitrogen and oxygen atoms in total. The molecule has 0 saturated carbocycles. The zero-order valence-electron chi connectivity index (χ0n) is 40.5. The number of aliphatic hydroxyl groups is 1. The summed E-state index contributed by atoms with van der Waals surface area (Å²) in [6.07, 6.45) is 2.28. The number of carbonyl (C=O) groups excluding carboxylic acids is 1. The smallest absolute Gasteiger partial charge is 0.472 e. The minimum absolute atomic E-state index is 0.0530. The Morgan fingerprint density at radius 2 is 1.54 bits per heavy atom. The second-order valence-electron chi connectivity index (χ2n) is 16.9. The van der Waals surface area contributed by atoms with E-state index in [1.54, 1.807) is 67.3 Å². The van der Waals surface area contributed by atoms with E-state index >= 15 is 0 Å². The highest BCUT2D eigenvalue weighted by Crippen LogP contribution is 2.44. The van der Waals surface area contributed by atoms with Gasteiger partial charge in [0.2, 0.25) is 0 Å². The second-order valence-corrected chi connectivity index (χ2v) is 18.3. The van der Waals surface area contributed by atoms with Crippen LogP contribution in [-0.2, 0) is 13.6 Å². The quantitative estimate of drug-likeness (QED) is 0.00938. The van der Waals surface area contributed by atoms with Gasteiger partial charge in [0.25, 0.3) is 11.6 Å². The number of phosphoric ester groups is 1. The number of carbonyl (C=O) groups is 2. The molecule has 2 aliphatic rings. The summed E-state index contributed by atoms with van der Waals surface area (Å²) in [5, 5.41) is 61.8. The summed E-state index contributed by atoms with van der Waals surface area (Å²) >= 11 is 0. The second kappa shape index (κ2) is 24.5. The zero-order valence-corrected chi connectivity index (χ0v) is 41.4. The van der Waals surface area contributed by atoms with E-state index < -0.39 is 24.6 Å². The number of carboxylic acid groups (broad SMARTS) is 1. The fourth-order valence-corrected chi connectivity index (χ4v) is 8.66. The van der Waals surface area contributed by atoms with Crippen LogP contribution in [0.2, 0.25) is 0 Å². The third-order valence-corrected chi connectivity index (χ3v) is 12.7. The largest absolute Gasteiger partial charge is 0.508 e. The number of aliphatic hydroxyl groups excluding tert-OH is 1. The van der Waals surface area contributed by atoms with Crippen molar-refractivity contribution in [1.29, 1.82) is 0 Å². The molecule has 74 heavy (non-hydrogen) atoms. The number of nitrogens with one attached hydrogen (secondary N) is 1. The maximum Gasteiger partial charge on any atom is 0.472 e. The molecule has 22 heteroatoms. The standard InChI is InChI=1S/C52H52N7O14P/c1-32-8-19-43(46(26-32)59(66)67)55-56-44-31-49(70-3)45(27-33(44)2)57-54-35-10-12-36(13-11-35)58(21-23-60)22-25-72-74(68,69)71-24-7-5-4-6-20-53-51(63)34-9-16-39(52(64)65)42(28-34)50-40-17-14-37(61)29-47(40)73-48-30-38(62)15-18-41(48)50/h8-19,26-31,60-61H,4-7,20-25H2,1-3H3,(H,53,63)(H,64,65)(H,68,69). The lowest BCUT2D eigenvalue weighted by Crippen LogP contribution is -2.30. The number of hydrogen-bond donors (Lipinski definition) is 5. The van der Waals surface area contributed by atoms with Crippen LogP contribution in [0, 0.1) is 24.0 Å². The molecular formula is C52H52N7O14P. The van der Waals surface area contributed by atoms with Crippen molar-refractivity contribution in [2.24, 2.45) is 20.5 Å². The first-order chi connectivity index (χ1) is 35.5. The van der Waals surface area contributed by atoms with E-state index in [-0.39, 0.29) is 83.5 Å². The number of anilines is 1. The number of phosphoric acid groups is 1. The number of aromatic hydroxyl groups is 1. The van der Waals surface area contributed by atoms with Gasteiger partial charge in [-0.15, -0.1) is 15.3 Å². The number of nitro benzene ring substituents is 1. The summed E-state index contributed by atoms with van der Waals surface area (Å²) in [4.78, 5) is 61.0. The highest BCUT2D eigenvalue weighted by Gasteiger charge is 2.25. The molecule has 0 aromatic heterocycles. The van der Waals surface area contributed by atoms with Gasteiger partial charge in [0.05, 0.1) is 48.8 Å². The van der Waals surface area contributed by atoms with Crippen molar-refractivity contribution >= 4 is 64.8 Å². The molecule has 0 bridgehead atoms. The molecule has 384 valence electrons. The van der Waals surface area contributed by atoms with Gasteiger partial charge in [-0.2, -0.15) is 5.11 Å². The first-order valence-corrected chi connectivity index (χ1v) is 24.7. The first-order valence-electron chi connectivity index (χ1n) is 23.2. The van der Waals surface area contributed by atoms with Gasteiger partial charge >= 0.3 is 13.8 Å². The first kappa shape index (κ1) is 53.6.